The number of ketones is 1. The molecule has 88 valence electrons. The maximum Gasteiger partial charge on any atom is 0.305 e. The molecule has 0 amide bonds. The van der Waals surface area contributed by atoms with E-state index >= 15 is 0 Å². The number of carbonyl (C=O) groups excluding carboxylic acids is 2. The minimum absolute atomic E-state index is 0.171. The zero-order valence-corrected chi connectivity index (χ0v) is 9.88. The molecule has 0 heterocycles. The highest BCUT2D eigenvalue weighted by molar-refractivity contribution is 5.78. The van der Waals surface area contributed by atoms with Crippen molar-refractivity contribution in [3.8, 4) is 0 Å². The zero-order valence-electron chi connectivity index (χ0n) is 9.88. The van der Waals surface area contributed by atoms with Gasteiger partial charge in [-0.1, -0.05) is 26.7 Å². The molecule has 3 nitrogen and oxygen atoms in total. The molecule has 0 N–H and O–H groups in total. The van der Waals surface area contributed by atoms with Gasteiger partial charge >= 0.3 is 5.97 Å². The summed E-state index contributed by atoms with van der Waals surface area (Å²) in [4.78, 5) is 22.1. The zero-order chi connectivity index (χ0) is 11.5. The lowest BCUT2D eigenvalue weighted by atomic mass is 10.1. The van der Waals surface area contributed by atoms with Gasteiger partial charge in [0.25, 0.3) is 0 Å². The maximum atomic E-state index is 11.1. The number of Topliss-reactive ketones (excluding diaryl/α,β-unsaturated/α-hetero) is 1. The summed E-state index contributed by atoms with van der Waals surface area (Å²) >= 11 is 0. The SMILES string of the molecule is CCCCCOC(=O)CCCC(=O)CC. The monoisotopic (exact) mass is 214 g/mol. The molecule has 0 aliphatic rings. The van der Waals surface area contributed by atoms with Crippen LogP contribution in [0.3, 0.4) is 0 Å². The van der Waals surface area contributed by atoms with Crippen molar-refractivity contribution < 1.29 is 14.3 Å². The van der Waals surface area contributed by atoms with Crippen LogP contribution in [0.2, 0.25) is 0 Å². The van der Waals surface area contributed by atoms with Crippen LogP contribution >= 0.6 is 0 Å². The normalized spacial score (nSPS) is 10.0. The molecule has 0 atom stereocenters. The second-order valence-corrected chi connectivity index (χ2v) is 3.67. The van der Waals surface area contributed by atoms with E-state index in [-0.39, 0.29) is 11.8 Å². The summed E-state index contributed by atoms with van der Waals surface area (Å²) in [5.74, 6) is 0.0452. The van der Waals surface area contributed by atoms with Gasteiger partial charge in [-0.3, -0.25) is 9.59 Å². The van der Waals surface area contributed by atoms with Crippen LogP contribution in [-0.2, 0) is 14.3 Å². The molecule has 0 aromatic rings. The highest BCUT2D eigenvalue weighted by Gasteiger charge is 2.04. The molecule has 0 unspecified atom stereocenters. The van der Waals surface area contributed by atoms with Crippen molar-refractivity contribution in [1.29, 1.82) is 0 Å². The van der Waals surface area contributed by atoms with Gasteiger partial charge < -0.3 is 4.74 Å². The Morgan fingerprint density at radius 1 is 1.00 bits per heavy atom. The molecular formula is C12H22O3. The van der Waals surface area contributed by atoms with E-state index in [1.54, 1.807) is 0 Å². The highest BCUT2D eigenvalue weighted by atomic mass is 16.5. The molecule has 0 fully saturated rings. The first-order valence-corrected chi connectivity index (χ1v) is 5.88. The third-order valence-corrected chi connectivity index (χ3v) is 2.24. The third kappa shape index (κ3) is 9.44. The smallest absolute Gasteiger partial charge is 0.305 e. The van der Waals surface area contributed by atoms with E-state index in [4.69, 9.17) is 4.74 Å². The van der Waals surface area contributed by atoms with E-state index in [0.717, 1.165) is 19.3 Å². The number of hydrogen-bond donors (Lipinski definition) is 0. The first-order chi connectivity index (χ1) is 7.20. The van der Waals surface area contributed by atoms with Gasteiger partial charge in [-0.25, -0.2) is 0 Å². The Hall–Kier alpha value is -0.860. The second-order valence-electron chi connectivity index (χ2n) is 3.67. The van der Waals surface area contributed by atoms with E-state index in [1.807, 2.05) is 6.92 Å². The van der Waals surface area contributed by atoms with Gasteiger partial charge in [0.1, 0.15) is 5.78 Å². The van der Waals surface area contributed by atoms with Crippen LogP contribution < -0.4 is 0 Å². The quantitative estimate of drug-likeness (QED) is 0.438. The number of ether oxygens (including phenoxy) is 1. The fraction of sp³-hybridized carbons (Fsp3) is 0.833. The number of esters is 1. The largest absolute Gasteiger partial charge is 0.466 e. The van der Waals surface area contributed by atoms with Crippen molar-refractivity contribution in [2.24, 2.45) is 0 Å². The molecule has 0 saturated carbocycles. The molecule has 0 radical (unpaired) electrons. The molecule has 0 aromatic heterocycles. The molecule has 3 heteroatoms. The van der Waals surface area contributed by atoms with Crippen LogP contribution in [0.1, 0.15) is 58.8 Å². The second kappa shape index (κ2) is 9.69. The van der Waals surface area contributed by atoms with Gasteiger partial charge in [0.15, 0.2) is 0 Å². The van der Waals surface area contributed by atoms with Crippen molar-refractivity contribution in [2.75, 3.05) is 6.61 Å². The molecule has 15 heavy (non-hydrogen) atoms. The third-order valence-electron chi connectivity index (χ3n) is 2.24. The van der Waals surface area contributed by atoms with Crippen molar-refractivity contribution in [2.45, 2.75) is 58.8 Å². The summed E-state index contributed by atoms with van der Waals surface area (Å²) in [6.45, 7) is 4.47. The van der Waals surface area contributed by atoms with E-state index in [2.05, 4.69) is 6.92 Å². The summed E-state index contributed by atoms with van der Waals surface area (Å²) < 4.78 is 5.01. The Labute approximate surface area is 92.2 Å². The molecule has 0 saturated heterocycles. The van der Waals surface area contributed by atoms with Crippen LogP contribution in [0.4, 0.5) is 0 Å². The fourth-order valence-electron chi connectivity index (χ4n) is 1.22. The Bertz CT molecular complexity index is 187. The average molecular weight is 214 g/mol. The summed E-state index contributed by atoms with van der Waals surface area (Å²) in [5.41, 5.74) is 0. The first-order valence-electron chi connectivity index (χ1n) is 5.88. The van der Waals surface area contributed by atoms with Gasteiger partial charge in [-0.05, 0) is 12.8 Å². The number of hydrogen-bond acceptors (Lipinski definition) is 3. The summed E-state index contributed by atoms with van der Waals surface area (Å²) in [6, 6.07) is 0. The lowest BCUT2D eigenvalue weighted by molar-refractivity contribution is -0.143. The van der Waals surface area contributed by atoms with E-state index < -0.39 is 0 Å². The van der Waals surface area contributed by atoms with Gasteiger partial charge in [0, 0.05) is 19.3 Å². The van der Waals surface area contributed by atoms with Crippen molar-refractivity contribution in [1.82, 2.24) is 0 Å². The topological polar surface area (TPSA) is 43.4 Å². The molecule has 0 bridgehead atoms. The fourth-order valence-corrected chi connectivity index (χ4v) is 1.22. The minimum atomic E-state index is -0.171. The molecular weight excluding hydrogens is 192 g/mol. The summed E-state index contributed by atoms with van der Waals surface area (Å²) in [7, 11) is 0. The van der Waals surface area contributed by atoms with Crippen LogP contribution in [0, 0.1) is 0 Å². The van der Waals surface area contributed by atoms with Crippen molar-refractivity contribution in [3.63, 3.8) is 0 Å². The van der Waals surface area contributed by atoms with E-state index in [0.29, 0.717) is 32.3 Å². The van der Waals surface area contributed by atoms with Gasteiger partial charge in [-0.2, -0.15) is 0 Å². The molecule has 0 aromatic carbocycles. The van der Waals surface area contributed by atoms with Gasteiger partial charge in [0.2, 0.25) is 0 Å². The maximum absolute atomic E-state index is 11.1. The van der Waals surface area contributed by atoms with Crippen LogP contribution in [0.25, 0.3) is 0 Å². The standard InChI is InChI=1S/C12H22O3/c1-3-5-6-10-15-12(14)9-7-8-11(13)4-2/h3-10H2,1-2H3. The predicted molar refractivity (Wildman–Crippen MR) is 59.6 cm³/mol. The molecule has 0 aliphatic carbocycles. The Morgan fingerprint density at radius 3 is 2.33 bits per heavy atom. The highest BCUT2D eigenvalue weighted by Crippen LogP contribution is 2.02. The van der Waals surface area contributed by atoms with E-state index in [1.165, 1.54) is 0 Å². The molecule has 0 rings (SSSR count). The van der Waals surface area contributed by atoms with Gasteiger partial charge in [-0.15, -0.1) is 0 Å². The number of unbranched alkanes of at least 4 members (excludes halogenated alkanes) is 2. The predicted octanol–water partition coefficient (Wildman–Crippen LogP) is 2.87. The van der Waals surface area contributed by atoms with Crippen molar-refractivity contribution >= 4 is 11.8 Å². The lowest BCUT2D eigenvalue weighted by Crippen LogP contribution is -2.06. The number of carbonyl (C=O) groups is 2. The summed E-state index contributed by atoms with van der Waals surface area (Å²) in [6.07, 6.45) is 5.23. The molecule has 0 spiro atoms. The van der Waals surface area contributed by atoms with Crippen LogP contribution in [0.5, 0.6) is 0 Å². The van der Waals surface area contributed by atoms with Gasteiger partial charge in [0.05, 0.1) is 6.61 Å². The Morgan fingerprint density at radius 2 is 1.73 bits per heavy atom. The number of rotatable bonds is 9. The Kier molecular flexibility index (Phi) is 9.13. The van der Waals surface area contributed by atoms with Crippen LogP contribution in [0.15, 0.2) is 0 Å². The minimum Gasteiger partial charge on any atom is -0.466 e. The van der Waals surface area contributed by atoms with E-state index in [9.17, 15) is 9.59 Å². The molecule has 0 aliphatic heterocycles. The van der Waals surface area contributed by atoms with Crippen molar-refractivity contribution in [3.05, 3.63) is 0 Å². The first kappa shape index (κ1) is 14.1. The summed E-state index contributed by atoms with van der Waals surface area (Å²) in [5, 5.41) is 0. The van der Waals surface area contributed by atoms with Crippen LogP contribution in [-0.4, -0.2) is 18.4 Å². The Balaban J connectivity index is 3.29. The lowest BCUT2D eigenvalue weighted by Gasteiger charge is -2.03. The average Bonchev–Trinajstić information content (AvgIpc) is 2.24.